The minimum atomic E-state index is -0.310. The largest absolute Gasteiger partial charge is 0.490 e. The molecular weight excluding hydrogens is 268 g/mol. The molecule has 0 saturated carbocycles. The summed E-state index contributed by atoms with van der Waals surface area (Å²) in [6.07, 6.45) is 4.35. The third-order valence-electron chi connectivity index (χ3n) is 3.01. The number of esters is 1. The molecule has 0 amide bonds. The predicted molar refractivity (Wildman–Crippen MR) is 83.2 cm³/mol. The van der Waals surface area contributed by atoms with E-state index in [0.717, 1.165) is 12.8 Å². The molecule has 21 heavy (non-hydrogen) atoms. The summed E-state index contributed by atoms with van der Waals surface area (Å²) in [5.74, 6) is 0.925. The fraction of sp³-hybridized carbons (Fsp3) is 0.588. The summed E-state index contributed by atoms with van der Waals surface area (Å²) in [6, 6.07) is 5.15. The molecule has 1 rings (SSSR count). The lowest BCUT2D eigenvalue weighted by atomic mass is 10.2. The van der Waals surface area contributed by atoms with Crippen LogP contribution in [0.4, 0.5) is 0 Å². The molecule has 1 aromatic rings. The fourth-order valence-corrected chi connectivity index (χ4v) is 1.96. The molecular formula is C17H26O4. The summed E-state index contributed by atoms with van der Waals surface area (Å²) < 4.78 is 16.3. The van der Waals surface area contributed by atoms with Crippen LogP contribution in [0.5, 0.6) is 11.5 Å². The molecule has 0 heterocycles. The number of benzene rings is 1. The van der Waals surface area contributed by atoms with Crippen molar-refractivity contribution in [2.75, 3.05) is 19.8 Å². The van der Waals surface area contributed by atoms with Crippen molar-refractivity contribution < 1.29 is 19.0 Å². The standard InChI is InChI=1S/C17H26O4/c1-4-7-8-9-12-21-17(18)14-10-11-15(19-5-2)16(13-14)20-6-3/h10-11,13H,4-9,12H2,1-3H3. The second kappa shape index (κ2) is 10.1. The van der Waals surface area contributed by atoms with Crippen LogP contribution < -0.4 is 9.47 Å². The summed E-state index contributed by atoms with van der Waals surface area (Å²) >= 11 is 0. The van der Waals surface area contributed by atoms with E-state index >= 15 is 0 Å². The molecule has 0 N–H and O–H groups in total. The van der Waals surface area contributed by atoms with Crippen molar-refractivity contribution in [1.82, 2.24) is 0 Å². The van der Waals surface area contributed by atoms with Crippen LogP contribution in [0.1, 0.15) is 56.8 Å². The SMILES string of the molecule is CCCCCCOC(=O)c1ccc(OCC)c(OCC)c1. The van der Waals surface area contributed by atoms with Gasteiger partial charge in [0.2, 0.25) is 0 Å². The lowest BCUT2D eigenvalue weighted by molar-refractivity contribution is 0.0497. The molecule has 0 bridgehead atoms. The smallest absolute Gasteiger partial charge is 0.338 e. The van der Waals surface area contributed by atoms with Crippen LogP contribution >= 0.6 is 0 Å². The van der Waals surface area contributed by atoms with Crippen LogP contribution in [-0.2, 0) is 4.74 Å². The van der Waals surface area contributed by atoms with E-state index in [2.05, 4.69) is 6.92 Å². The van der Waals surface area contributed by atoms with Crippen molar-refractivity contribution in [3.8, 4) is 11.5 Å². The van der Waals surface area contributed by atoms with Gasteiger partial charge in [-0.25, -0.2) is 4.79 Å². The second-order valence-electron chi connectivity index (χ2n) is 4.72. The highest BCUT2D eigenvalue weighted by molar-refractivity contribution is 5.90. The first-order valence-corrected chi connectivity index (χ1v) is 7.79. The van der Waals surface area contributed by atoms with Gasteiger partial charge in [0, 0.05) is 0 Å². The van der Waals surface area contributed by atoms with Gasteiger partial charge in [-0.2, -0.15) is 0 Å². The summed E-state index contributed by atoms with van der Waals surface area (Å²) in [7, 11) is 0. The average Bonchev–Trinajstić information content (AvgIpc) is 2.49. The zero-order valence-corrected chi connectivity index (χ0v) is 13.3. The Morgan fingerprint density at radius 3 is 2.33 bits per heavy atom. The lowest BCUT2D eigenvalue weighted by Crippen LogP contribution is -2.07. The van der Waals surface area contributed by atoms with Crippen molar-refractivity contribution in [3.63, 3.8) is 0 Å². The van der Waals surface area contributed by atoms with E-state index in [1.165, 1.54) is 12.8 Å². The number of unbranched alkanes of at least 4 members (excludes halogenated alkanes) is 3. The zero-order valence-electron chi connectivity index (χ0n) is 13.3. The second-order valence-corrected chi connectivity index (χ2v) is 4.72. The van der Waals surface area contributed by atoms with Gasteiger partial charge < -0.3 is 14.2 Å². The Labute approximate surface area is 127 Å². The molecule has 4 heteroatoms. The van der Waals surface area contributed by atoms with Gasteiger partial charge in [0.1, 0.15) is 0 Å². The average molecular weight is 294 g/mol. The Bertz CT molecular complexity index is 429. The highest BCUT2D eigenvalue weighted by Gasteiger charge is 2.12. The van der Waals surface area contributed by atoms with E-state index in [1.807, 2.05) is 13.8 Å². The Hall–Kier alpha value is -1.71. The monoisotopic (exact) mass is 294 g/mol. The third-order valence-corrected chi connectivity index (χ3v) is 3.01. The fourth-order valence-electron chi connectivity index (χ4n) is 1.96. The number of carbonyl (C=O) groups is 1. The van der Waals surface area contributed by atoms with Crippen LogP contribution in [0, 0.1) is 0 Å². The molecule has 0 fully saturated rings. The Kier molecular flexibility index (Phi) is 8.32. The summed E-state index contributed by atoms with van der Waals surface area (Å²) in [5, 5.41) is 0. The molecule has 0 spiro atoms. The number of rotatable bonds is 10. The van der Waals surface area contributed by atoms with E-state index < -0.39 is 0 Å². The normalized spacial score (nSPS) is 10.2. The maximum atomic E-state index is 12.0. The maximum absolute atomic E-state index is 12.0. The molecule has 0 saturated heterocycles. The van der Waals surface area contributed by atoms with Crippen LogP contribution in [0.3, 0.4) is 0 Å². The molecule has 0 aliphatic carbocycles. The van der Waals surface area contributed by atoms with Crippen LogP contribution in [0.25, 0.3) is 0 Å². The van der Waals surface area contributed by atoms with Gasteiger partial charge in [-0.3, -0.25) is 0 Å². The lowest BCUT2D eigenvalue weighted by Gasteiger charge is -2.12. The van der Waals surface area contributed by atoms with E-state index in [-0.39, 0.29) is 5.97 Å². The van der Waals surface area contributed by atoms with Crippen LogP contribution in [0.2, 0.25) is 0 Å². The molecule has 0 radical (unpaired) electrons. The van der Waals surface area contributed by atoms with Gasteiger partial charge in [-0.1, -0.05) is 26.2 Å². The van der Waals surface area contributed by atoms with E-state index in [1.54, 1.807) is 18.2 Å². The van der Waals surface area contributed by atoms with Crippen molar-refractivity contribution in [2.24, 2.45) is 0 Å². The molecule has 118 valence electrons. The van der Waals surface area contributed by atoms with Gasteiger partial charge in [0.15, 0.2) is 11.5 Å². The predicted octanol–water partition coefficient (Wildman–Crippen LogP) is 4.22. The van der Waals surface area contributed by atoms with Crippen LogP contribution in [-0.4, -0.2) is 25.8 Å². The molecule has 0 atom stereocenters. The van der Waals surface area contributed by atoms with Gasteiger partial charge in [0.05, 0.1) is 25.4 Å². The number of hydrogen-bond donors (Lipinski definition) is 0. The minimum Gasteiger partial charge on any atom is -0.490 e. The Morgan fingerprint density at radius 1 is 0.952 bits per heavy atom. The van der Waals surface area contributed by atoms with Crippen molar-refractivity contribution >= 4 is 5.97 Å². The van der Waals surface area contributed by atoms with Gasteiger partial charge in [0.25, 0.3) is 0 Å². The first-order valence-electron chi connectivity index (χ1n) is 7.79. The number of hydrogen-bond acceptors (Lipinski definition) is 4. The molecule has 0 unspecified atom stereocenters. The Balaban J connectivity index is 2.60. The summed E-state index contributed by atoms with van der Waals surface area (Å²) in [4.78, 5) is 12.0. The van der Waals surface area contributed by atoms with Crippen molar-refractivity contribution in [1.29, 1.82) is 0 Å². The zero-order chi connectivity index (χ0) is 15.5. The highest BCUT2D eigenvalue weighted by atomic mass is 16.5. The van der Waals surface area contributed by atoms with E-state index in [4.69, 9.17) is 14.2 Å². The van der Waals surface area contributed by atoms with Gasteiger partial charge >= 0.3 is 5.97 Å². The molecule has 0 aromatic heterocycles. The number of ether oxygens (including phenoxy) is 3. The molecule has 0 aliphatic rings. The molecule has 0 aliphatic heterocycles. The van der Waals surface area contributed by atoms with Crippen molar-refractivity contribution in [2.45, 2.75) is 46.5 Å². The first kappa shape index (κ1) is 17.3. The quantitative estimate of drug-likeness (QED) is 0.479. The molecule has 1 aromatic carbocycles. The maximum Gasteiger partial charge on any atom is 0.338 e. The summed E-state index contributed by atoms with van der Waals surface area (Å²) in [6.45, 7) is 7.51. The Morgan fingerprint density at radius 2 is 1.67 bits per heavy atom. The van der Waals surface area contributed by atoms with Crippen LogP contribution in [0.15, 0.2) is 18.2 Å². The minimum absolute atomic E-state index is 0.310. The highest BCUT2D eigenvalue weighted by Crippen LogP contribution is 2.28. The van der Waals surface area contributed by atoms with E-state index in [9.17, 15) is 4.79 Å². The van der Waals surface area contributed by atoms with Gasteiger partial charge in [-0.15, -0.1) is 0 Å². The topological polar surface area (TPSA) is 44.8 Å². The molecule has 4 nitrogen and oxygen atoms in total. The third kappa shape index (κ3) is 6.06. The van der Waals surface area contributed by atoms with E-state index in [0.29, 0.717) is 36.9 Å². The first-order chi connectivity index (χ1) is 10.2. The number of carbonyl (C=O) groups excluding carboxylic acids is 1. The van der Waals surface area contributed by atoms with Crippen molar-refractivity contribution in [3.05, 3.63) is 23.8 Å². The summed E-state index contributed by atoms with van der Waals surface area (Å²) in [5.41, 5.74) is 0.498. The van der Waals surface area contributed by atoms with Gasteiger partial charge in [-0.05, 0) is 38.5 Å².